The van der Waals surface area contributed by atoms with E-state index in [1.807, 2.05) is 41.9 Å². The molecule has 0 bridgehead atoms. The molecule has 0 fully saturated rings. The van der Waals surface area contributed by atoms with Crippen LogP contribution in [0.2, 0.25) is 0 Å². The molecule has 0 unspecified atom stereocenters. The minimum Gasteiger partial charge on any atom is -0.368 e. The molecule has 0 saturated heterocycles. The first-order valence-electron chi connectivity index (χ1n) is 6.42. The van der Waals surface area contributed by atoms with Crippen molar-refractivity contribution in [1.29, 1.82) is 0 Å². The number of rotatable bonds is 2. The molecule has 1 aromatic carbocycles. The number of benzene rings is 1. The second-order valence-corrected chi connectivity index (χ2v) is 5.49. The van der Waals surface area contributed by atoms with E-state index in [0.29, 0.717) is 0 Å². The Bertz CT molecular complexity index is 942. The molecule has 4 aromatic rings. The summed E-state index contributed by atoms with van der Waals surface area (Å²) in [6.07, 6.45) is 3.62. The first-order chi connectivity index (χ1) is 10.3. The number of pyridine rings is 1. The Hall–Kier alpha value is -2.73. The van der Waals surface area contributed by atoms with Gasteiger partial charge in [0.25, 0.3) is 0 Å². The highest BCUT2D eigenvalue weighted by Crippen LogP contribution is 2.30. The summed E-state index contributed by atoms with van der Waals surface area (Å²) < 4.78 is 0. The maximum atomic E-state index is 5.78. The summed E-state index contributed by atoms with van der Waals surface area (Å²) in [7, 11) is 0. The first kappa shape index (κ1) is 12.0. The number of fused-ring (bicyclic) bond motifs is 2. The molecule has 0 radical (unpaired) electrons. The van der Waals surface area contributed by atoms with Crippen LogP contribution < -0.4 is 11.1 Å². The molecule has 21 heavy (non-hydrogen) atoms. The maximum Gasteiger partial charge on any atom is 0.223 e. The van der Waals surface area contributed by atoms with Crippen molar-refractivity contribution in [2.75, 3.05) is 11.1 Å². The van der Waals surface area contributed by atoms with Gasteiger partial charge in [0.15, 0.2) is 0 Å². The molecule has 102 valence electrons. The van der Waals surface area contributed by atoms with Crippen molar-refractivity contribution in [2.24, 2.45) is 0 Å². The third kappa shape index (κ3) is 2.05. The van der Waals surface area contributed by atoms with Gasteiger partial charge in [0.05, 0.1) is 5.39 Å². The summed E-state index contributed by atoms with van der Waals surface area (Å²) in [5.74, 6) is 0.998. The SMILES string of the molecule is Nc1nc(Nc2cccc3cnccc23)c2ccsc2n1. The summed E-state index contributed by atoms with van der Waals surface area (Å²) >= 11 is 1.55. The smallest absolute Gasteiger partial charge is 0.223 e. The Morgan fingerprint density at radius 1 is 1.05 bits per heavy atom. The normalized spacial score (nSPS) is 11.0. The molecule has 5 nitrogen and oxygen atoms in total. The lowest BCUT2D eigenvalue weighted by Gasteiger charge is -2.10. The van der Waals surface area contributed by atoms with Crippen LogP contribution in [0.15, 0.2) is 48.1 Å². The number of nitrogen functional groups attached to an aromatic ring is 1. The van der Waals surface area contributed by atoms with Gasteiger partial charge in [0, 0.05) is 28.9 Å². The standard InChI is InChI=1S/C15H11N5S/c16-15-19-13(11-5-7-21-14(11)20-15)18-12-3-1-2-9-8-17-6-4-10(9)12/h1-8H,(H3,16,18,19,20). The molecule has 0 saturated carbocycles. The highest BCUT2D eigenvalue weighted by Gasteiger charge is 2.09. The summed E-state index contributed by atoms with van der Waals surface area (Å²) in [5, 5.41) is 8.49. The van der Waals surface area contributed by atoms with Crippen molar-refractivity contribution in [3.8, 4) is 0 Å². The van der Waals surface area contributed by atoms with Crippen LogP contribution >= 0.6 is 11.3 Å². The Balaban J connectivity index is 1.89. The fourth-order valence-corrected chi connectivity index (χ4v) is 3.10. The van der Waals surface area contributed by atoms with Crippen LogP contribution in [0.25, 0.3) is 21.0 Å². The number of nitrogens with two attached hydrogens (primary N) is 1. The van der Waals surface area contributed by atoms with Gasteiger partial charge in [-0.15, -0.1) is 11.3 Å². The second kappa shape index (κ2) is 4.68. The number of nitrogens with one attached hydrogen (secondary N) is 1. The molecule has 0 aliphatic carbocycles. The van der Waals surface area contributed by atoms with Crippen LogP contribution in [0.5, 0.6) is 0 Å². The number of hydrogen-bond donors (Lipinski definition) is 2. The topological polar surface area (TPSA) is 76.7 Å². The molecule has 0 spiro atoms. The van der Waals surface area contributed by atoms with Gasteiger partial charge in [-0.3, -0.25) is 4.98 Å². The summed E-state index contributed by atoms with van der Waals surface area (Å²) in [4.78, 5) is 13.6. The first-order valence-corrected chi connectivity index (χ1v) is 7.30. The zero-order valence-electron chi connectivity index (χ0n) is 10.9. The number of thiophene rings is 1. The van der Waals surface area contributed by atoms with E-state index in [0.717, 1.165) is 32.5 Å². The molecular weight excluding hydrogens is 282 g/mol. The zero-order valence-corrected chi connectivity index (χ0v) is 11.8. The Labute approximate surface area is 124 Å². The number of hydrogen-bond acceptors (Lipinski definition) is 6. The van der Waals surface area contributed by atoms with Gasteiger partial charge in [-0.25, -0.2) is 4.98 Å². The van der Waals surface area contributed by atoms with Crippen LogP contribution in [0.3, 0.4) is 0 Å². The van der Waals surface area contributed by atoms with Gasteiger partial charge >= 0.3 is 0 Å². The monoisotopic (exact) mass is 293 g/mol. The van der Waals surface area contributed by atoms with E-state index in [1.54, 1.807) is 17.5 Å². The molecular formula is C15H11N5S. The number of aromatic nitrogens is 3. The van der Waals surface area contributed by atoms with Crippen molar-refractivity contribution < 1.29 is 0 Å². The van der Waals surface area contributed by atoms with Crippen LogP contribution in [-0.4, -0.2) is 15.0 Å². The maximum absolute atomic E-state index is 5.78. The number of anilines is 3. The van der Waals surface area contributed by atoms with E-state index >= 15 is 0 Å². The third-order valence-corrected chi connectivity index (χ3v) is 4.08. The van der Waals surface area contributed by atoms with Gasteiger partial charge in [-0.1, -0.05) is 12.1 Å². The lowest BCUT2D eigenvalue weighted by Crippen LogP contribution is -2.00. The summed E-state index contributed by atoms with van der Waals surface area (Å²) in [5.41, 5.74) is 6.76. The average Bonchev–Trinajstić information content (AvgIpc) is 2.96. The quantitative estimate of drug-likeness (QED) is 0.591. The van der Waals surface area contributed by atoms with E-state index < -0.39 is 0 Å². The van der Waals surface area contributed by atoms with E-state index in [2.05, 4.69) is 20.3 Å². The van der Waals surface area contributed by atoms with Crippen LogP contribution in [0.1, 0.15) is 0 Å². The molecule has 6 heteroatoms. The minimum absolute atomic E-state index is 0.273. The predicted molar refractivity (Wildman–Crippen MR) is 86.9 cm³/mol. The van der Waals surface area contributed by atoms with Crippen molar-refractivity contribution >= 4 is 49.8 Å². The fourth-order valence-electron chi connectivity index (χ4n) is 2.33. The van der Waals surface area contributed by atoms with Crippen molar-refractivity contribution in [3.05, 3.63) is 48.1 Å². The van der Waals surface area contributed by atoms with E-state index in [-0.39, 0.29) is 5.95 Å². The Morgan fingerprint density at radius 3 is 2.95 bits per heavy atom. The molecule has 3 heterocycles. The minimum atomic E-state index is 0.273. The summed E-state index contributed by atoms with van der Waals surface area (Å²) in [6, 6.07) is 10.0. The van der Waals surface area contributed by atoms with Gasteiger partial charge in [-0.05, 0) is 23.6 Å². The van der Waals surface area contributed by atoms with Crippen molar-refractivity contribution in [2.45, 2.75) is 0 Å². The molecule has 4 rings (SSSR count). The molecule has 0 amide bonds. The zero-order chi connectivity index (χ0) is 14.2. The highest BCUT2D eigenvalue weighted by molar-refractivity contribution is 7.16. The molecule has 0 aliphatic rings. The van der Waals surface area contributed by atoms with Gasteiger partial charge < -0.3 is 11.1 Å². The number of nitrogens with zero attached hydrogens (tertiary/aromatic N) is 3. The lowest BCUT2D eigenvalue weighted by molar-refractivity contribution is 1.25. The molecule has 3 N–H and O–H groups in total. The van der Waals surface area contributed by atoms with Crippen LogP contribution in [0, 0.1) is 0 Å². The lowest BCUT2D eigenvalue weighted by atomic mass is 10.1. The fraction of sp³-hybridized carbons (Fsp3) is 0. The Kier molecular flexibility index (Phi) is 2.68. The van der Waals surface area contributed by atoms with Crippen LogP contribution in [-0.2, 0) is 0 Å². The van der Waals surface area contributed by atoms with Gasteiger partial charge in [0.2, 0.25) is 5.95 Å². The van der Waals surface area contributed by atoms with E-state index in [4.69, 9.17) is 5.73 Å². The summed E-state index contributed by atoms with van der Waals surface area (Å²) in [6.45, 7) is 0. The molecule has 0 aliphatic heterocycles. The largest absolute Gasteiger partial charge is 0.368 e. The van der Waals surface area contributed by atoms with Crippen LogP contribution in [0.4, 0.5) is 17.5 Å². The van der Waals surface area contributed by atoms with Crippen molar-refractivity contribution in [3.63, 3.8) is 0 Å². The predicted octanol–water partition coefficient (Wildman–Crippen LogP) is 3.57. The molecule has 3 aromatic heterocycles. The average molecular weight is 293 g/mol. The van der Waals surface area contributed by atoms with Gasteiger partial charge in [0.1, 0.15) is 10.6 Å². The second-order valence-electron chi connectivity index (χ2n) is 4.60. The Morgan fingerprint density at radius 2 is 2.00 bits per heavy atom. The van der Waals surface area contributed by atoms with Crippen molar-refractivity contribution in [1.82, 2.24) is 15.0 Å². The van der Waals surface area contributed by atoms with Gasteiger partial charge in [-0.2, -0.15) is 4.98 Å². The van der Waals surface area contributed by atoms with E-state index in [9.17, 15) is 0 Å². The van der Waals surface area contributed by atoms with E-state index in [1.165, 1.54) is 0 Å². The highest BCUT2D eigenvalue weighted by atomic mass is 32.1. The molecule has 0 atom stereocenters. The third-order valence-electron chi connectivity index (χ3n) is 3.28.